The fraction of sp³-hybridized carbons (Fsp3) is 0.0556. The van der Waals surface area contributed by atoms with E-state index in [0.717, 1.165) is 6.07 Å². The third-order valence-corrected chi connectivity index (χ3v) is 4.79. The molecule has 0 aliphatic heterocycles. The molecule has 1 radical (unpaired) electrons. The molecule has 0 aliphatic rings. The van der Waals surface area contributed by atoms with E-state index in [-0.39, 0.29) is 60.8 Å². The topological polar surface area (TPSA) is 179 Å². The van der Waals surface area contributed by atoms with E-state index in [4.69, 9.17) is 18.4 Å². The van der Waals surface area contributed by atoms with Crippen molar-refractivity contribution in [2.75, 3.05) is 5.32 Å². The van der Waals surface area contributed by atoms with Gasteiger partial charge in [-0.15, -0.1) is 18.3 Å². The third kappa shape index (κ3) is 7.08. The van der Waals surface area contributed by atoms with Crippen molar-refractivity contribution in [2.45, 2.75) is 11.8 Å². The quantitative estimate of drug-likeness (QED) is 0.424. The van der Waals surface area contributed by atoms with E-state index >= 15 is 0 Å². The Balaban J connectivity index is 0.000000885. The third-order valence-electron chi connectivity index (χ3n) is 3.96. The molecule has 3 rings (SSSR count). The van der Waals surface area contributed by atoms with E-state index in [2.05, 4.69) is 5.32 Å². The maximum atomic E-state index is 12.5. The molecule has 0 bridgehead atoms. The first kappa shape index (κ1) is 26.7. The Morgan fingerprint density at radius 3 is 2.10 bits per heavy atom. The zero-order chi connectivity index (χ0) is 22.6. The Morgan fingerprint density at radius 2 is 1.58 bits per heavy atom. The number of phenols is 1. The summed E-state index contributed by atoms with van der Waals surface area (Å²) < 4.78 is 57.8. The molecule has 161 valence electrons. The predicted octanol–water partition coefficient (Wildman–Crippen LogP) is 3.03. The number of hydrogen-bond acceptors (Lipinski definition) is 7. The van der Waals surface area contributed by atoms with Gasteiger partial charge in [0.25, 0.3) is 16.0 Å². The summed E-state index contributed by atoms with van der Waals surface area (Å²) in [6, 6.07) is 11.3. The van der Waals surface area contributed by atoms with Crippen LogP contribution in [-0.4, -0.2) is 36.6 Å². The minimum absolute atomic E-state index is 0. The van der Waals surface area contributed by atoms with Crippen LogP contribution in [0.15, 0.2) is 53.4 Å². The van der Waals surface area contributed by atoms with Crippen molar-refractivity contribution < 1.29 is 68.2 Å². The molecule has 0 heterocycles. The summed E-state index contributed by atoms with van der Waals surface area (Å²) in [7, 11) is -7.61. The number of carbonyl (C=O) groups is 1. The van der Waals surface area contributed by atoms with Gasteiger partial charge in [-0.3, -0.25) is 9.35 Å². The first-order valence-electron chi connectivity index (χ1n) is 8.03. The summed E-state index contributed by atoms with van der Waals surface area (Å²) in [5, 5.41) is 13.5. The number of anilines is 1. The molecule has 3 aromatic carbocycles. The van der Waals surface area contributed by atoms with Gasteiger partial charge in [0, 0.05) is 43.7 Å². The van der Waals surface area contributed by atoms with Gasteiger partial charge >= 0.3 is 10.6 Å². The number of carbonyl (C=O) groups excluding carboxylic acids is 1. The van der Waals surface area contributed by atoms with Gasteiger partial charge in [-0.1, -0.05) is 36.4 Å². The average Bonchev–Trinajstić information content (AvgIpc) is 2.63. The van der Waals surface area contributed by atoms with E-state index in [0.29, 0.717) is 10.9 Å². The fourth-order valence-electron chi connectivity index (χ4n) is 2.59. The number of rotatable bonds is 3. The average molecular weight is 540 g/mol. The number of aromatic hydroxyl groups is 1. The number of nitrogens with one attached hydrogen (secondary N) is 2. The van der Waals surface area contributed by atoms with E-state index in [1.165, 1.54) is 30.3 Å². The maximum absolute atomic E-state index is 12.5. The fourth-order valence-corrected chi connectivity index (χ4v) is 3.13. The minimum Gasteiger partial charge on any atom is -0.699 e. The van der Waals surface area contributed by atoms with Crippen LogP contribution >= 0.6 is 0 Å². The summed E-state index contributed by atoms with van der Waals surface area (Å²) in [5.74, 6) is -0.638. The molecule has 0 spiro atoms. The van der Waals surface area contributed by atoms with Crippen molar-refractivity contribution in [3.8, 4) is 5.75 Å². The monoisotopic (exact) mass is 540 g/mol. The normalized spacial score (nSPS) is 10.4. The van der Waals surface area contributed by atoms with Gasteiger partial charge < -0.3 is 16.2 Å². The molecule has 0 saturated heterocycles. The molecule has 0 saturated carbocycles. The van der Waals surface area contributed by atoms with Crippen molar-refractivity contribution in [1.29, 1.82) is 0 Å². The smallest absolute Gasteiger partial charge is 0.425 e. The summed E-state index contributed by atoms with van der Waals surface area (Å²) in [5.41, 5.74) is 8.56. The van der Waals surface area contributed by atoms with Gasteiger partial charge in [-0.05, 0) is 30.0 Å². The molecule has 0 aliphatic carbocycles. The summed E-state index contributed by atoms with van der Waals surface area (Å²) >= 11 is 0. The first-order chi connectivity index (χ1) is 13.9. The van der Waals surface area contributed by atoms with Crippen LogP contribution in [0.5, 0.6) is 5.75 Å². The van der Waals surface area contributed by atoms with Crippen LogP contribution in [0, 0.1) is 6.92 Å². The molecule has 0 aromatic heterocycles. The molecule has 4 N–H and O–H groups in total. The minimum atomic E-state index is -4.50. The van der Waals surface area contributed by atoms with Crippen LogP contribution in [0.2, 0.25) is 0 Å². The molecule has 0 fully saturated rings. The van der Waals surface area contributed by atoms with Crippen LogP contribution in [0.4, 0.5) is 11.4 Å². The Hall–Kier alpha value is -2.38. The van der Waals surface area contributed by atoms with Gasteiger partial charge in [0.1, 0.15) is 5.75 Å². The second-order valence-corrected chi connectivity index (χ2v) is 7.84. The number of hydrogen-bond donors (Lipinski definition) is 3. The van der Waals surface area contributed by atoms with Crippen molar-refractivity contribution in [1.82, 2.24) is 0 Å². The molecule has 13 heteroatoms. The Morgan fingerprint density at radius 1 is 1.03 bits per heavy atom. The van der Waals surface area contributed by atoms with Gasteiger partial charge in [-0.25, -0.2) is 0 Å². The van der Waals surface area contributed by atoms with Gasteiger partial charge in [-0.2, -0.15) is 8.42 Å². The van der Waals surface area contributed by atoms with Crippen molar-refractivity contribution in [2.24, 2.45) is 0 Å². The molecular formula is C18H15N2O8S2Y-. The van der Waals surface area contributed by atoms with Crippen molar-refractivity contribution in [3.63, 3.8) is 0 Å². The Labute approximate surface area is 204 Å². The predicted molar refractivity (Wildman–Crippen MR) is 108 cm³/mol. The summed E-state index contributed by atoms with van der Waals surface area (Å²) in [6.07, 6.45) is 0. The molecule has 31 heavy (non-hydrogen) atoms. The zero-order valence-corrected chi connectivity index (χ0v) is 20.3. The standard InChI is InChI=1S/C18H16N2O5S.O3S.Y/c1-10-2-3-12-8-14(26(23,24)25)9-15(16(12)17(10)21)20-18(22)11-4-6-13(19)7-5-11;1-4(2)3;/h2-9H,1H3,(H5,19,20,21,22,23,24,25);;/p-1. The van der Waals surface area contributed by atoms with Crippen LogP contribution < -0.4 is 5.32 Å². The molecule has 1 amide bonds. The van der Waals surface area contributed by atoms with E-state index < -0.39 is 31.5 Å². The van der Waals surface area contributed by atoms with Gasteiger partial charge in [0.2, 0.25) is 0 Å². The maximum Gasteiger partial charge on any atom is 0.425 e. The molecule has 0 unspecified atom stereocenters. The number of fused-ring (bicyclic) bond motifs is 1. The van der Waals surface area contributed by atoms with Gasteiger partial charge in [0.15, 0.2) is 0 Å². The molecular weight excluding hydrogens is 525 g/mol. The number of amides is 1. The van der Waals surface area contributed by atoms with Crippen LogP contribution in [-0.2, 0) is 53.4 Å². The van der Waals surface area contributed by atoms with Gasteiger partial charge in [0.05, 0.1) is 10.6 Å². The first-order valence-corrected chi connectivity index (χ1v) is 10.5. The van der Waals surface area contributed by atoms with Crippen molar-refractivity contribution in [3.05, 3.63) is 65.4 Å². The molecule has 3 aromatic rings. The Kier molecular flexibility index (Phi) is 9.27. The van der Waals surface area contributed by atoms with E-state index in [1.54, 1.807) is 19.1 Å². The molecule has 10 nitrogen and oxygen atoms in total. The summed E-state index contributed by atoms with van der Waals surface area (Å²) in [6.45, 7) is 1.67. The second kappa shape index (κ2) is 10.8. The largest absolute Gasteiger partial charge is 0.699 e. The Bertz CT molecular complexity index is 1330. The van der Waals surface area contributed by atoms with Crippen molar-refractivity contribution >= 4 is 48.8 Å². The summed E-state index contributed by atoms with van der Waals surface area (Å²) in [4.78, 5) is 12.1. The number of aryl methyl sites for hydroxylation is 1. The van der Waals surface area contributed by atoms with E-state index in [1.807, 2.05) is 0 Å². The number of benzene rings is 3. The molecule has 0 atom stereocenters. The zero-order valence-electron chi connectivity index (χ0n) is 15.9. The van der Waals surface area contributed by atoms with Crippen LogP contribution in [0.1, 0.15) is 15.9 Å². The van der Waals surface area contributed by atoms with Crippen LogP contribution in [0.3, 0.4) is 0 Å². The SMILES string of the molecule is Cc1ccc2cc(S(=O)(=O)O)cc(NC(=O)c3ccc([NH-])cc3)c2c1O.O=S(=O)=O.[Y]. The van der Waals surface area contributed by atoms with Crippen LogP contribution in [0.25, 0.3) is 16.5 Å². The second-order valence-electron chi connectivity index (χ2n) is 6.01. The number of phenolic OH excluding ortho intramolecular Hbond substituents is 1. The van der Waals surface area contributed by atoms with E-state index in [9.17, 15) is 22.9 Å².